The van der Waals surface area contributed by atoms with Crippen LogP contribution in [0.3, 0.4) is 0 Å². The van der Waals surface area contributed by atoms with Crippen molar-refractivity contribution in [2.24, 2.45) is 46.3 Å². The number of rotatable bonds is 4. The van der Waals surface area contributed by atoms with Crippen LogP contribution < -0.4 is 0 Å². The third-order valence-corrected chi connectivity index (χ3v) is 10.6. The van der Waals surface area contributed by atoms with Crippen LogP contribution in [0.4, 0.5) is 0 Å². The zero-order valence-electron chi connectivity index (χ0n) is 17.9. The van der Waals surface area contributed by atoms with E-state index in [1.54, 1.807) is 0 Å². The van der Waals surface area contributed by atoms with Crippen molar-refractivity contribution < 1.29 is 0 Å². The lowest BCUT2D eigenvalue weighted by atomic mass is 9.20. The van der Waals surface area contributed by atoms with Crippen LogP contribution in [0.2, 0.25) is 18.0 Å². The molecule has 0 aromatic heterocycles. The standard InChI is InChI=1S/C24H41B/c1-8-9-10-25(21-13-17-11-19(15(21)2)23(17,4)5)22-14-18-12-20(16(22)3)24(18,6)7/h8-9,15-22H,10-14H2,1-7H3/b9-8-/t15-,16-,17-,18-,19+,20+,21-,22-/m0/s1. The highest BCUT2D eigenvalue weighted by Gasteiger charge is 2.61. The van der Waals surface area contributed by atoms with Gasteiger partial charge in [0, 0.05) is 0 Å². The van der Waals surface area contributed by atoms with Crippen LogP contribution in [-0.4, -0.2) is 6.71 Å². The molecule has 6 rings (SSSR count). The van der Waals surface area contributed by atoms with Gasteiger partial charge in [-0.3, -0.25) is 0 Å². The lowest BCUT2D eigenvalue weighted by Gasteiger charge is -2.66. The number of allylic oxidation sites excluding steroid dienone is 2. The molecular formula is C24H41B. The molecule has 4 bridgehead atoms. The summed E-state index contributed by atoms with van der Waals surface area (Å²) in [6, 6.07) is 0. The first-order chi connectivity index (χ1) is 11.7. The predicted molar refractivity (Wildman–Crippen MR) is 111 cm³/mol. The Morgan fingerprint density at radius 2 is 1.24 bits per heavy atom. The molecule has 0 radical (unpaired) electrons. The van der Waals surface area contributed by atoms with Gasteiger partial charge in [-0.05, 0) is 66.1 Å². The van der Waals surface area contributed by atoms with E-state index >= 15 is 0 Å². The van der Waals surface area contributed by atoms with Gasteiger partial charge in [-0.25, -0.2) is 0 Å². The van der Waals surface area contributed by atoms with E-state index in [4.69, 9.17) is 0 Å². The molecule has 1 heteroatoms. The summed E-state index contributed by atoms with van der Waals surface area (Å²) in [5.41, 5.74) is 1.26. The molecule has 6 saturated carbocycles. The summed E-state index contributed by atoms with van der Waals surface area (Å²) in [6.45, 7) is 18.6. The Labute approximate surface area is 157 Å². The fourth-order valence-electron chi connectivity index (χ4n) is 8.47. The molecule has 8 atom stereocenters. The smallest absolute Gasteiger partial charge is 0.0960 e. The Bertz CT molecular complexity index is 502. The van der Waals surface area contributed by atoms with E-state index < -0.39 is 0 Å². The zero-order chi connectivity index (χ0) is 18.1. The van der Waals surface area contributed by atoms with Crippen LogP contribution in [0, 0.1) is 46.3 Å². The Balaban J connectivity index is 1.56. The molecule has 0 spiro atoms. The van der Waals surface area contributed by atoms with Crippen molar-refractivity contribution in [3.05, 3.63) is 12.2 Å². The van der Waals surface area contributed by atoms with E-state index in [1.165, 1.54) is 32.0 Å². The zero-order valence-corrected chi connectivity index (χ0v) is 17.9. The molecule has 0 heterocycles. The second kappa shape index (κ2) is 5.90. The largest absolute Gasteiger partial charge is 0.150 e. The summed E-state index contributed by atoms with van der Waals surface area (Å²) in [7, 11) is 0. The van der Waals surface area contributed by atoms with E-state index in [2.05, 4.69) is 60.6 Å². The van der Waals surface area contributed by atoms with Gasteiger partial charge in [0.25, 0.3) is 0 Å². The van der Waals surface area contributed by atoms with Gasteiger partial charge in [0.1, 0.15) is 0 Å². The maximum atomic E-state index is 2.62. The summed E-state index contributed by atoms with van der Waals surface area (Å²) < 4.78 is 0. The van der Waals surface area contributed by atoms with Crippen LogP contribution in [0.5, 0.6) is 0 Å². The van der Waals surface area contributed by atoms with Crippen LogP contribution in [0.25, 0.3) is 0 Å². The summed E-state index contributed by atoms with van der Waals surface area (Å²) in [5.74, 6) is 7.86. The molecule has 6 aliphatic carbocycles. The second-order valence-electron chi connectivity index (χ2n) is 11.7. The van der Waals surface area contributed by atoms with Gasteiger partial charge in [0.05, 0.1) is 0 Å². The second-order valence-corrected chi connectivity index (χ2v) is 11.7. The van der Waals surface area contributed by atoms with Gasteiger partial charge in [0.15, 0.2) is 6.71 Å². The Morgan fingerprint density at radius 3 is 1.56 bits per heavy atom. The Kier molecular flexibility index (Phi) is 4.29. The summed E-state index contributed by atoms with van der Waals surface area (Å²) in [6.07, 6.45) is 12.3. The summed E-state index contributed by atoms with van der Waals surface area (Å²) in [4.78, 5) is 0. The van der Waals surface area contributed by atoms with E-state index in [9.17, 15) is 0 Å². The first kappa shape index (κ1) is 18.2. The molecule has 0 nitrogen and oxygen atoms in total. The molecule has 0 amide bonds. The minimum atomic E-state index is 0.628. The van der Waals surface area contributed by atoms with Crippen LogP contribution >= 0.6 is 0 Å². The predicted octanol–water partition coefficient (Wildman–Crippen LogP) is 7.20. The lowest BCUT2D eigenvalue weighted by molar-refractivity contribution is -0.107. The fraction of sp³-hybridized carbons (Fsp3) is 0.917. The molecule has 0 aliphatic heterocycles. The van der Waals surface area contributed by atoms with Crippen molar-refractivity contribution in [1.29, 1.82) is 0 Å². The Hall–Kier alpha value is -0.195. The third-order valence-electron chi connectivity index (χ3n) is 10.6. The molecule has 25 heavy (non-hydrogen) atoms. The van der Waals surface area contributed by atoms with Crippen LogP contribution in [0.1, 0.15) is 74.1 Å². The molecule has 0 aromatic rings. The van der Waals surface area contributed by atoms with Gasteiger partial charge >= 0.3 is 0 Å². The molecule has 0 N–H and O–H groups in total. The van der Waals surface area contributed by atoms with E-state index in [0.717, 1.165) is 53.9 Å². The monoisotopic (exact) mass is 340 g/mol. The normalized spacial score (nSPS) is 49.4. The highest BCUT2D eigenvalue weighted by molar-refractivity contribution is 6.62. The number of hydrogen-bond donors (Lipinski definition) is 0. The lowest BCUT2D eigenvalue weighted by Crippen LogP contribution is -2.59. The van der Waals surface area contributed by atoms with E-state index in [0.29, 0.717) is 10.8 Å². The molecule has 0 saturated heterocycles. The van der Waals surface area contributed by atoms with Crippen molar-refractivity contribution in [3.63, 3.8) is 0 Å². The average Bonchev–Trinajstić information content (AvgIpc) is 2.56. The average molecular weight is 340 g/mol. The van der Waals surface area contributed by atoms with Crippen molar-refractivity contribution in [1.82, 2.24) is 0 Å². The van der Waals surface area contributed by atoms with Gasteiger partial charge in [0.2, 0.25) is 0 Å². The van der Waals surface area contributed by atoms with Crippen molar-refractivity contribution in [2.45, 2.75) is 92.1 Å². The van der Waals surface area contributed by atoms with Crippen molar-refractivity contribution in [2.75, 3.05) is 0 Å². The van der Waals surface area contributed by atoms with Crippen LogP contribution in [-0.2, 0) is 0 Å². The fourth-order valence-corrected chi connectivity index (χ4v) is 8.47. The molecule has 0 unspecified atom stereocenters. The quantitative estimate of drug-likeness (QED) is 0.375. The molecular weight excluding hydrogens is 299 g/mol. The molecule has 6 aliphatic rings. The SMILES string of the molecule is C/C=C\CB([C@H]1C[C@@H]2C[C@H]([C@@H]1C)C2(C)C)[C@H]1C[C@@H]2C[C@H]([C@@H]1C)C2(C)C. The van der Waals surface area contributed by atoms with Crippen LogP contribution in [0.15, 0.2) is 12.2 Å². The maximum Gasteiger partial charge on any atom is 0.150 e. The molecule has 6 fully saturated rings. The van der Waals surface area contributed by atoms with E-state index in [-0.39, 0.29) is 0 Å². The van der Waals surface area contributed by atoms with Gasteiger partial charge < -0.3 is 0 Å². The first-order valence-corrected chi connectivity index (χ1v) is 11.3. The maximum absolute atomic E-state index is 2.62. The molecule has 140 valence electrons. The van der Waals surface area contributed by atoms with Gasteiger partial charge in [-0.2, -0.15) is 0 Å². The topological polar surface area (TPSA) is 0 Å². The highest BCUT2D eigenvalue weighted by atomic mass is 14.6. The first-order valence-electron chi connectivity index (χ1n) is 11.3. The highest BCUT2D eigenvalue weighted by Crippen LogP contribution is 2.69. The summed E-state index contributed by atoms with van der Waals surface area (Å²) >= 11 is 0. The Morgan fingerprint density at radius 1 is 0.800 bits per heavy atom. The van der Waals surface area contributed by atoms with Gasteiger partial charge in [-0.1, -0.05) is 84.5 Å². The van der Waals surface area contributed by atoms with Crippen molar-refractivity contribution in [3.8, 4) is 0 Å². The number of fused-ring (bicyclic) bond motifs is 4. The molecule has 0 aromatic carbocycles. The van der Waals surface area contributed by atoms with Gasteiger partial charge in [-0.15, -0.1) is 0 Å². The minimum absolute atomic E-state index is 0.628. The van der Waals surface area contributed by atoms with Crippen molar-refractivity contribution >= 4 is 6.71 Å². The summed E-state index contributed by atoms with van der Waals surface area (Å²) in [5, 5.41) is 0. The third kappa shape index (κ3) is 2.46. The van der Waals surface area contributed by atoms with E-state index in [1.807, 2.05) is 0 Å². The number of hydrogen-bond acceptors (Lipinski definition) is 0. The minimum Gasteiger partial charge on any atom is -0.0960 e.